The fraction of sp³-hybridized carbons (Fsp3) is 0.263. The van der Waals surface area contributed by atoms with Crippen molar-refractivity contribution in [2.75, 3.05) is 26.3 Å². The number of hydrogen-bond donors (Lipinski definition) is 1. The van der Waals surface area contributed by atoms with Crippen molar-refractivity contribution in [2.24, 2.45) is 0 Å². The van der Waals surface area contributed by atoms with Gasteiger partial charge in [-0.1, -0.05) is 12.1 Å². The second-order valence-electron chi connectivity index (χ2n) is 5.98. The highest BCUT2D eigenvalue weighted by molar-refractivity contribution is 5.84. The number of nitrogens with zero attached hydrogens (tertiary/aromatic N) is 2. The van der Waals surface area contributed by atoms with Crippen molar-refractivity contribution in [3.63, 3.8) is 0 Å². The van der Waals surface area contributed by atoms with Crippen molar-refractivity contribution in [1.82, 2.24) is 9.88 Å². The minimum atomic E-state index is -0.524. The minimum Gasteiger partial charge on any atom is -0.507 e. The summed E-state index contributed by atoms with van der Waals surface area (Å²) < 4.78 is 10.9. The number of morpholine rings is 1. The Morgan fingerprint density at radius 2 is 1.80 bits per heavy atom. The van der Waals surface area contributed by atoms with Gasteiger partial charge in [0.05, 0.1) is 24.6 Å². The van der Waals surface area contributed by atoms with Crippen molar-refractivity contribution < 1.29 is 14.3 Å². The van der Waals surface area contributed by atoms with E-state index in [4.69, 9.17) is 9.15 Å². The molecule has 0 radical (unpaired) electrons. The molecule has 1 atom stereocenters. The lowest BCUT2D eigenvalue weighted by atomic mass is 9.97. The number of benzene rings is 1. The van der Waals surface area contributed by atoms with E-state index in [2.05, 4.69) is 9.88 Å². The Morgan fingerprint density at radius 1 is 1.08 bits per heavy atom. The van der Waals surface area contributed by atoms with Crippen LogP contribution in [0.1, 0.15) is 17.2 Å². The number of pyridine rings is 1. The molecule has 3 aromatic rings. The Labute approximate surface area is 144 Å². The first-order valence-corrected chi connectivity index (χ1v) is 8.22. The highest BCUT2D eigenvalue weighted by atomic mass is 16.5. The lowest BCUT2D eigenvalue weighted by Gasteiger charge is -2.34. The van der Waals surface area contributed by atoms with E-state index in [0.717, 1.165) is 5.56 Å². The zero-order chi connectivity index (χ0) is 17.2. The molecule has 3 heterocycles. The van der Waals surface area contributed by atoms with Gasteiger partial charge in [0.2, 0.25) is 0 Å². The van der Waals surface area contributed by atoms with Crippen LogP contribution in [0, 0.1) is 0 Å². The molecule has 2 aromatic heterocycles. The molecule has 0 saturated carbocycles. The monoisotopic (exact) mass is 338 g/mol. The molecule has 25 heavy (non-hydrogen) atoms. The summed E-state index contributed by atoms with van der Waals surface area (Å²) in [6.45, 7) is 2.50. The molecule has 0 amide bonds. The van der Waals surface area contributed by atoms with Gasteiger partial charge in [0.15, 0.2) is 0 Å². The van der Waals surface area contributed by atoms with Gasteiger partial charge in [0.1, 0.15) is 16.9 Å². The van der Waals surface area contributed by atoms with Crippen LogP contribution < -0.4 is 5.63 Å². The third-order valence-corrected chi connectivity index (χ3v) is 4.53. The van der Waals surface area contributed by atoms with Gasteiger partial charge in [-0.3, -0.25) is 9.88 Å². The summed E-state index contributed by atoms with van der Waals surface area (Å²) in [4.78, 5) is 18.9. The maximum atomic E-state index is 12.7. The van der Waals surface area contributed by atoms with Crippen molar-refractivity contribution in [2.45, 2.75) is 6.04 Å². The molecule has 1 aromatic carbocycles. The summed E-state index contributed by atoms with van der Waals surface area (Å²) in [6, 6.07) is 10.3. The predicted octanol–water partition coefficient (Wildman–Crippen LogP) is 2.32. The average Bonchev–Trinajstić information content (AvgIpc) is 2.66. The van der Waals surface area contributed by atoms with E-state index in [9.17, 15) is 9.90 Å². The molecule has 0 spiro atoms. The third-order valence-electron chi connectivity index (χ3n) is 4.53. The van der Waals surface area contributed by atoms with E-state index in [-0.39, 0.29) is 11.3 Å². The van der Waals surface area contributed by atoms with E-state index in [1.165, 1.54) is 0 Å². The summed E-state index contributed by atoms with van der Waals surface area (Å²) in [6.07, 6.45) is 3.37. The Bertz CT molecular complexity index is 933. The van der Waals surface area contributed by atoms with Gasteiger partial charge in [-0.05, 0) is 29.8 Å². The summed E-state index contributed by atoms with van der Waals surface area (Å²) in [5.41, 5.74) is 0.996. The third kappa shape index (κ3) is 2.90. The second-order valence-corrected chi connectivity index (χ2v) is 5.98. The quantitative estimate of drug-likeness (QED) is 0.739. The first-order valence-electron chi connectivity index (χ1n) is 8.22. The smallest absolute Gasteiger partial charge is 0.345 e. The molecule has 0 aliphatic carbocycles. The van der Waals surface area contributed by atoms with Crippen LogP contribution in [0.3, 0.4) is 0 Å². The summed E-state index contributed by atoms with van der Waals surface area (Å²) in [5.74, 6) is -0.0276. The number of aromatic nitrogens is 1. The van der Waals surface area contributed by atoms with Crippen LogP contribution in [0.2, 0.25) is 0 Å². The van der Waals surface area contributed by atoms with Gasteiger partial charge in [0.25, 0.3) is 0 Å². The normalized spacial score (nSPS) is 16.8. The zero-order valence-corrected chi connectivity index (χ0v) is 13.6. The molecule has 1 saturated heterocycles. The Balaban J connectivity index is 1.93. The average molecular weight is 338 g/mol. The van der Waals surface area contributed by atoms with E-state index >= 15 is 0 Å². The molecule has 0 bridgehead atoms. The van der Waals surface area contributed by atoms with E-state index in [0.29, 0.717) is 37.3 Å². The number of hydrogen-bond acceptors (Lipinski definition) is 6. The van der Waals surface area contributed by atoms with Gasteiger partial charge in [-0.2, -0.15) is 0 Å². The summed E-state index contributed by atoms with van der Waals surface area (Å²) in [7, 11) is 0. The highest BCUT2D eigenvalue weighted by Gasteiger charge is 2.30. The fourth-order valence-electron chi connectivity index (χ4n) is 3.33. The number of aromatic hydroxyl groups is 1. The Hall–Kier alpha value is -2.70. The molecule has 1 aliphatic rings. The van der Waals surface area contributed by atoms with Crippen LogP contribution in [-0.4, -0.2) is 41.3 Å². The van der Waals surface area contributed by atoms with Gasteiger partial charge in [-0.25, -0.2) is 4.79 Å². The number of rotatable bonds is 3. The van der Waals surface area contributed by atoms with Crippen LogP contribution in [0.25, 0.3) is 11.0 Å². The van der Waals surface area contributed by atoms with E-state index in [1.807, 2.05) is 18.2 Å². The van der Waals surface area contributed by atoms with Crippen LogP contribution in [0.4, 0.5) is 0 Å². The molecular formula is C19H18N2O4. The lowest BCUT2D eigenvalue weighted by molar-refractivity contribution is 0.0230. The SMILES string of the molecule is O=c1oc2ccccc2c(O)c1C(c1ccncc1)N1CCOCC1. The van der Waals surface area contributed by atoms with Gasteiger partial charge in [-0.15, -0.1) is 0 Å². The van der Waals surface area contributed by atoms with Gasteiger partial charge >= 0.3 is 5.63 Å². The maximum absolute atomic E-state index is 12.7. The van der Waals surface area contributed by atoms with Gasteiger partial charge < -0.3 is 14.3 Å². The molecule has 128 valence electrons. The Morgan fingerprint density at radius 3 is 2.56 bits per heavy atom. The standard InChI is InChI=1S/C19H18N2O4/c22-18-14-3-1-2-4-15(14)25-19(23)16(18)17(13-5-7-20-8-6-13)21-9-11-24-12-10-21/h1-8,17,22H,9-12H2. The van der Waals surface area contributed by atoms with Crippen LogP contribution in [-0.2, 0) is 4.74 Å². The van der Waals surface area contributed by atoms with Crippen LogP contribution >= 0.6 is 0 Å². The molecule has 6 nitrogen and oxygen atoms in total. The molecule has 6 heteroatoms. The lowest BCUT2D eigenvalue weighted by Crippen LogP contribution is -2.41. The molecule has 1 aliphatic heterocycles. The molecule has 1 fully saturated rings. The number of para-hydroxylation sites is 1. The van der Waals surface area contributed by atoms with Crippen LogP contribution in [0.15, 0.2) is 58.0 Å². The molecule has 1 unspecified atom stereocenters. The van der Waals surface area contributed by atoms with Crippen molar-refractivity contribution in [3.05, 3.63) is 70.3 Å². The van der Waals surface area contributed by atoms with Crippen molar-refractivity contribution in [1.29, 1.82) is 0 Å². The molecule has 1 N–H and O–H groups in total. The molecular weight excluding hydrogens is 320 g/mol. The topological polar surface area (TPSA) is 75.8 Å². The largest absolute Gasteiger partial charge is 0.507 e. The summed E-state index contributed by atoms with van der Waals surface area (Å²) >= 11 is 0. The first kappa shape index (κ1) is 15.8. The first-order chi connectivity index (χ1) is 12.3. The zero-order valence-electron chi connectivity index (χ0n) is 13.6. The van der Waals surface area contributed by atoms with E-state index in [1.54, 1.807) is 30.6 Å². The van der Waals surface area contributed by atoms with Crippen LogP contribution in [0.5, 0.6) is 5.75 Å². The second kappa shape index (κ2) is 6.66. The van der Waals surface area contributed by atoms with Gasteiger partial charge in [0, 0.05) is 25.5 Å². The van der Waals surface area contributed by atoms with E-state index < -0.39 is 11.7 Å². The number of ether oxygens (including phenoxy) is 1. The predicted molar refractivity (Wildman–Crippen MR) is 92.6 cm³/mol. The summed E-state index contributed by atoms with van der Waals surface area (Å²) in [5, 5.41) is 11.4. The van der Waals surface area contributed by atoms with Crippen molar-refractivity contribution >= 4 is 11.0 Å². The Kier molecular flexibility index (Phi) is 4.21. The maximum Gasteiger partial charge on any atom is 0.345 e. The molecule has 4 rings (SSSR count). The minimum absolute atomic E-state index is 0.0276. The number of fused-ring (bicyclic) bond motifs is 1. The van der Waals surface area contributed by atoms with Crippen molar-refractivity contribution in [3.8, 4) is 5.75 Å². The fourth-order valence-corrected chi connectivity index (χ4v) is 3.33. The highest BCUT2D eigenvalue weighted by Crippen LogP contribution is 2.36.